The van der Waals surface area contributed by atoms with Crippen molar-refractivity contribution >= 4 is 16.7 Å². The van der Waals surface area contributed by atoms with Gasteiger partial charge >= 0.3 is 0 Å². The monoisotopic (exact) mass is 203 g/mol. The summed E-state index contributed by atoms with van der Waals surface area (Å²) in [5, 5.41) is 2.63. The summed E-state index contributed by atoms with van der Waals surface area (Å²) >= 11 is 0. The van der Waals surface area contributed by atoms with Crippen LogP contribution in [0.25, 0.3) is 10.9 Å². The third-order valence-electron chi connectivity index (χ3n) is 2.34. The third kappa shape index (κ3) is 1.76. The standard InChI is InChI=1S/C11H13N3O/c1-8-4-5-10-9(6-8)11(13-7-12-10)14(2)15-3/h4-7H,1-3H3. The van der Waals surface area contributed by atoms with Crippen molar-refractivity contribution in [3.63, 3.8) is 0 Å². The number of nitrogens with zero attached hydrogens (tertiary/aromatic N) is 3. The lowest BCUT2D eigenvalue weighted by Crippen LogP contribution is -2.16. The molecule has 1 aromatic carbocycles. The predicted octanol–water partition coefficient (Wildman–Crippen LogP) is 1.94. The van der Waals surface area contributed by atoms with Crippen molar-refractivity contribution in [2.24, 2.45) is 0 Å². The largest absolute Gasteiger partial charge is 0.276 e. The molecule has 1 heterocycles. The second kappa shape index (κ2) is 3.82. The SMILES string of the molecule is CON(C)c1ncnc2ccc(C)cc12. The minimum absolute atomic E-state index is 0.784. The molecule has 2 rings (SSSR count). The van der Waals surface area contributed by atoms with E-state index < -0.39 is 0 Å². The van der Waals surface area contributed by atoms with Crippen molar-refractivity contribution in [1.29, 1.82) is 0 Å². The molecule has 0 bridgehead atoms. The highest BCUT2D eigenvalue weighted by molar-refractivity contribution is 5.89. The van der Waals surface area contributed by atoms with Gasteiger partial charge in [-0.1, -0.05) is 11.6 Å². The Kier molecular flexibility index (Phi) is 2.51. The lowest BCUT2D eigenvalue weighted by atomic mass is 10.1. The van der Waals surface area contributed by atoms with Gasteiger partial charge in [0, 0.05) is 12.4 Å². The van der Waals surface area contributed by atoms with Crippen LogP contribution in [-0.2, 0) is 4.84 Å². The van der Waals surface area contributed by atoms with Crippen molar-refractivity contribution in [3.05, 3.63) is 30.1 Å². The van der Waals surface area contributed by atoms with E-state index in [9.17, 15) is 0 Å². The van der Waals surface area contributed by atoms with Crippen molar-refractivity contribution in [2.75, 3.05) is 19.2 Å². The summed E-state index contributed by atoms with van der Waals surface area (Å²) in [6.07, 6.45) is 1.54. The quantitative estimate of drug-likeness (QED) is 0.699. The first-order valence-electron chi connectivity index (χ1n) is 4.71. The van der Waals surface area contributed by atoms with Crippen LogP contribution in [0.5, 0.6) is 0 Å². The lowest BCUT2D eigenvalue weighted by Gasteiger charge is -2.16. The average molecular weight is 203 g/mol. The topological polar surface area (TPSA) is 38.2 Å². The number of aryl methyl sites for hydroxylation is 1. The minimum Gasteiger partial charge on any atom is -0.276 e. The highest BCUT2D eigenvalue weighted by Gasteiger charge is 2.07. The lowest BCUT2D eigenvalue weighted by molar-refractivity contribution is 0.183. The zero-order valence-electron chi connectivity index (χ0n) is 9.06. The van der Waals surface area contributed by atoms with Gasteiger partial charge in [-0.05, 0) is 19.1 Å². The molecule has 0 aliphatic rings. The van der Waals surface area contributed by atoms with Gasteiger partial charge in [0.1, 0.15) is 6.33 Å². The first kappa shape index (κ1) is 9.86. The van der Waals surface area contributed by atoms with E-state index in [1.165, 1.54) is 5.56 Å². The molecular weight excluding hydrogens is 190 g/mol. The van der Waals surface area contributed by atoms with Gasteiger partial charge in [0.2, 0.25) is 0 Å². The number of hydrogen-bond donors (Lipinski definition) is 0. The van der Waals surface area contributed by atoms with Crippen molar-refractivity contribution in [1.82, 2.24) is 9.97 Å². The molecule has 4 heteroatoms. The van der Waals surface area contributed by atoms with Crippen LogP contribution in [-0.4, -0.2) is 24.1 Å². The number of aromatic nitrogens is 2. The van der Waals surface area contributed by atoms with Crippen LogP contribution in [0.15, 0.2) is 24.5 Å². The van der Waals surface area contributed by atoms with Gasteiger partial charge in [-0.25, -0.2) is 15.0 Å². The maximum atomic E-state index is 5.13. The molecule has 0 aliphatic heterocycles. The highest BCUT2D eigenvalue weighted by atomic mass is 16.7. The van der Waals surface area contributed by atoms with Gasteiger partial charge < -0.3 is 0 Å². The number of benzene rings is 1. The summed E-state index contributed by atoms with van der Waals surface area (Å²) in [6.45, 7) is 2.04. The van der Waals surface area contributed by atoms with E-state index in [1.807, 2.05) is 26.1 Å². The Morgan fingerprint density at radius 3 is 2.80 bits per heavy atom. The van der Waals surface area contributed by atoms with Gasteiger partial charge in [0.25, 0.3) is 0 Å². The van der Waals surface area contributed by atoms with E-state index >= 15 is 0 Å². The zero-order chi connectivity index (χ0) is 10.8. The predicted molar refractivity (Wildman–Crippen MR) is 59.7 cm³/mol. The molecule has 0 amide bonds. The Morgan fingerprint density at radius 2 is 2.07 bits per heavy atom. The van der Waals surface area contributed by atoms with Crippen LogP contribution in [0.3, 0.4) is 0 Å². The molecule has 2 aromatic rings. The Balaban J connectivity index is 2.68. The maximum Gasteiger partial charge on any atom is 0.163 e. The number of fused-ring (bicyclic) bond motifs is 1. The Labute approximate surface area is 88.5 Å². The van der Waals surface area contributed by atoms with Crippen LogP contribution in [0.4, 0.5) is 5.82 Å². The number of anilines is 1. The minimum atomic E-state index is 0.784. The summed E-state index contributed by atoms with van der Waals surface area (Å²) in [5.41, 5.74) is 2.11. The summed E-state index contributed by atoms with van der Waals surface area (Å²) in [4.78, 5) is 13.5. The van der Waals surface area contributed by atoms with Gasteiger partial charge in [-0.3, -0.25) is 4.84 Å². The van der Waals surface area contributed by atoms with Gasteiger partial charge in [-0.15, -0.1) is 0 Å². The molecule has 0 unspecified atom stereocenters. The molecule has 0 saturated carbocycles. The summed E-state index contributed by atoms with van der Waals surface area (Å²) < 4.78 is 0. The van der Waals surface area contributed by atoms with E-state index in [4.69, 9.17) is 4.84 Å². The molecule has 0 N–H and O–H groups in total. The van der Waals surface area contributed by atoms with E-state index in [0.29, 0.717) is 0 Å². The molecule has 0 radical (unpaired) electrons. The van der Waals surface area contributed by atoms with Crippen LogP contribution in [0.1, 0.15) is 5.56 Å². The zero-order valence-corrected chi connectivity index (χ0v) is 9.06. The van der Waals surface area contributed by atoms with Crippen molar-refractivity contribution < 1.29 is 4.84 Å². The molecule has 4 nitrogen and oxygen atoms in total. The fourth-order valence-electron chi connectivity index (χ4n) is 1.49. The van der Waals surface area contributed by atoms with E-state index in [1.54, 1.807) is 18.5 Å². The highest BCUT2D eigenvalue weighted by Crippen LogP contribution is 2.22. The molecule has 15 heavy (non-hydrogen) atoms. The second-order valence-corrected chi connectivity index (χ2v) is 3.40. The molecular formula is C11H13N3O. The Hall–Kier alpha value is -1.68. The molecule has 78 valence electrons. The molecule has 0 spiro atoms. The first-order valence-corrected chi connectivity index (χ1v) is 4.71. The number of rotatable bonds is 2. The van der Waals surface area contributed by atoms with Crippen LogP contribution < -0.4 is 5.06 Å². The van der Waals surface area contributed by atoms with Gasteiger partial charge in [0.05, 0.1) is 12.6 Å². The van der Waals surface area contributed by atoms with Gasteiger partial charge in [-0.2, -0.15) is 0 Å². The molecule has 1 aromatic heterocycles. The van der Waals surface area contributed by atoms with E-state index in [2.05, 4.69) is 16.0 Å². The summed E-state index contributed by atoms with van der Waals surface area (Å²) in [6, 6.07) is 6.07. The van der Waals surface area contributed by atoms with Gasteiger partial charge in [0.15, 0.2) is 5.82 Å². The fourth-order valence-corrected chi connectivity index (χ4v) is 1.49. The number of hydroxylamine groups is 1. The maximum absolute atomic E-state index is 5.13. The second-order valence-electron chi connectivity index (χ2n) is 3.40. The molecule has 0 atom stereocenters. The van der Waals surface area contributed by atoms with Crippen LogP contribution in [0.2, 0.25) is 0 Å². The number of hydrogen-bond acceptors (Lipinski definition) is 4. The third-order valence-corrected chi connectivity index (χ3v) is 2.34. The Morgan fingerprint density at radius 1 is 1.27 bits per heavy atom. The normalized spacial score (nSPS) is 10.6. The van der Waals surface area contributed by atoms with Crippen molar-refractivity contribution in [2.45, 2.75) is 6.92 Å². The molecule has 0 aliphatic carbocycles. The summed E-state index contributed by atoms with van der Waals surface area (Å²) in [5.74, 6) is 0.784. The summed E-state index contributed by atoms with van der Waals surface area (Å²) in [7, 11) is 3.44. The van der Waals surface area contributed by atoms with Crippen LogP contribution >= 0.6 is 0 Å². The molecule has 0 saturated heterocycles. The first-order chi connectivity index (χ1) is 7.22. The van der Waals surface area contributed by atoms with Crippen LogP contribution in [0, 0.1) is 6.92 Å². The molecule has 0 fully saturated rings. The Bertz CT molecular complexity index is 484. The van der Waals surface area contributed by atoms with Crippen molar-refractivity contribution in [3.8, 4) is 0 Å². The van der Waals surface area contributed by atoms with E-state index in [-0.39, 0.29) is 0 Å². The smallest absolute Gasteiger partial charge is 0.163 e. The van der Waals surface area contributed by atoms with E-state index in [0.717, 1.165) is 16.7 Å². The fraction of sp³-hybridized carbons (Fsp3) is 0.273. The average Bonchev–Trinajstić information content (AvgIpc) is 2.27.